The van der Waals surface area contributed by atoms with Crippen molar-refractivity contribution in [3.63, 3.8) is 0 Å². The van der Waals surface area contributed by atoms with Crippen LogP contribution in [0.3, 0.4) is 0 Å². The highest BCUT2D eigenvalue weighted by atomic mass is 35.5. The Labute approximate surface area is 105 Å². The van der Waals surface area contributed by atoms with Gasteiger partial charge in [-0.05, 0) is 0 Å². The van der Waals surface area contributed by atoms with E-state index in [2.05, 4.69) is 9.46 Å². The largest absolute Gasteiger partial charge is 0.468 e. The second-order valence-electron chi connectivity index (χ2n) is 3.36. The van der Waals surface area contributed by atoms with E-state index in [4.69, 9.17) is 16.3 Å². The molecule has 9 heteroatoms. The van der Waals surface area contributed by atoms with Crippen LogP contribution in [-0.2, 0) is 24.5 Å². The monoisotopic (exact) mass is 286 g/mol. The Balaban J connectivity index is 2.46. The third kappa shape index (κ3) is 4.40. The van der Waals surface area contributed by atoms with E-state index in [1.807, 2.05) is 0 Å². The van der Waals surface area contributed by atoms with Crippen molar-refractivity contribution < 1.29 is 22.7 Å². The zero-order valence-corrected chi connectivity index (χ0v) is 11.0. The molecule has 1 atom stereocenters. The third-order valence-corrected chi connectivity index (χ3v) is 4.12. The minimum Gasteiger partial charge on any atom is -0.468 e. The maximum absolute atomic E-state index is 11.7. The number of esters is 1. The van der Waals surface area contributed by atoms with Gasteiger partial charge in [0.2, 0.25) is 0 Å². The Morgan fingerprint density at radius 1 is 1.53 bits per heavy atom. The van der Waals surface area contributed by atoms with Gasteiger partial charge in [-0.25, -0.2) is 4.72 Å². The summed E-state index contributed by atoms with van der Waals surface area (Å²) in [6.45, 7) is 1.11. The van der Waals surface area contributed by atoms with Gasteiger partial charge in [0.15, 0.2) is 0 Å². The fraction of sp³-hybridized carbons (Fsp3) is 0.875. The molecule has 0 aromatic rings. The average molecular weight is 287 g/mol. The highest BCUT2D eigenvalue weighted by Crippen LogP contribution is 2.04. The van der Waals surface area contributed by atoms with E-state index in [0.29, 0.717) is 26.3 Å². The second-order valence-corrected chi connectivity index (χ2v) is 5.64. The van der Waals surface area contributed by atoms with Gasteiger partial charge in [0.05, 0.1) is 20.3 Å². The highest BCUT2D eigenvalue weighted by molar-refractivity contribution is 7.87. The molecule has 1 fully saturated rings. The van der Waals surface area contributed by atoms with E-state index < -0.39 is 21.6 Å². The van der Waals surface area contributed by atoms with Crippen LogP contribution in [0.25, 0.3) is 0 Å². The van der Waals surface area contributed by atoms with E-state index >= 15 is 0 Å². The summed E-state index contributed by atoms with van der Waals surface area (Å²) < 4.78 is 36.4. The van der Waals surface area contributed by atoms with Crippen molar-refractivity contribution in [2.24, 2.45) is 0 Å². The number of nitrogens with one attached hydrogen (secondary N) is 1. The molecule has 7 nitrogen and oxygen atoms in total. The summed E-state index contributed by atoms with van der Waals surface area (Å²) >= 11 is 5.63. The number of carbonyl (C=O) groups excluding carboxylic acids is 1. The number of methoxy groups -OCH3 is 1. The molecule has 0 aliphatic carbocycles. The average Bonchev–Trinajstić information content (AvgIpc) is 2.36. The second kappa shape index (κ2) is 6.50. The van der Waals surface area contributed by atoms with Crippen molar-refractivity contribution in [1.29, 1.82) is 0 Å². The molecule has 17 heavy (non-hydrogen) atoms. The molecule has 1 aliphatic heterocycles. The fourth-order valence-corrected chi connectivity index (χ4v) is 2.72. The summed E-state index contributed by atoms with van der Waals surface area (Å²) in [4.78, 5) is 11.0. The molecule has 1 N–H and O–H groups in total. The molecule has 1 unspecified atom stereocenters. The zero-order valence-electron chi connectivity index (χ0n) is 9.39. The van der Waals surface area contributed by atoms with Gasteiger partial charge in [-0.2, -0.15) is 12.7 Å². The molecule has 0 radical (unpaired) electrons. The van der Waals surface area contributed by atoms with Crippen molar-refractivity contribution in [3.05, 3.63) is 0 Å². The number of alkyl halides is 1. The minimum absolute atomic E-state index is 0.200. The molecular weight excluding hydrogens is 272 g/mol. The lowest BCUT2D eigenvalue weighted by Crippen LogP contribution is -2.48. The van der Waals surface area contributed by atoms with Crippen LogP contribution < -0.4 is 4.72 Å². The fourth-order valence-electron chi connectivity index (χ4n) is 1.27. The van der Waals surface area contributed by atoms with Crippen LogP contribution in [0, 0.1) is 0 Å². The molecule has 0 saturated carbocycles. The van der Waals surface area contributed by atoms with Crippen LogP contribution >= 0.6 is 11.6 Å². The van der Waals surface area contributed by atoms with Gasteiger partial charge in [0, 0.05) is 19.6 Å². The number of hydrogen-bond acceptors (Lipinski definition) is 5. The van der Waals surface area contributed by atoms with Crippen LogP contribution in [0.1, 0.15) is 0 Å². The minimum atomic E-state index is -3.61. The molecule has 1 saturated heterocycles. The maximum atomic E-state index is 11.7. The third-order valence-electron chi connectivity index (χ3n) is 2.21. The SMILES string of the molecule is COC(=O)C(Cl)CNS(=O)(=O)N1CCOCC1. The number of rotatable bonds is 5. The first kappa shape index (κ1) is 14.7. The van der Waals surface area contributed by atoms with Crippen LogP contribution in [0.4, 0.5) is 0 Å². The molecule has 1 heterocycles. The Morgan fingerprint density at radius 2 is 2.12 bits per heavy atom. The van der Waals surface area contributed by atoms with E-state index in [-0.39, 0.29) is 6.54 Å². The Bertz CT molecular complexity index is 355. The van der Waals surface area contributed by atoms with Crippen molar-refractivity contribution >= 4 is 27.8 Å². The molecule has 1 rings (SSSR count). The Morgan fingerprint density at radius 3 is 2.65 bits per heavy atom. The molecule has 1 aliphatic rings. The topological polar surface area (TPSA) is 84.9 Å². The number of nitrogens with zero attached hydrogens (tertiary/aromatic N) is 1. The van der Waals surface area contributed by atoms with Crippen molar-refractivity contribution in [2.75, 3.05) is 40.0 Å². The summed E-state index contributed by atoms with van der Waals surface area (Å²) in [7, 11) is -2.42. The molecule has 0 aromatic heterocycles. The van der Waals surface area contributed by atoms with E-state index in [1.165, 1.54) is 11.4 Å². The Kier molecular flexibility index (Phi) is 5.60. The number of hydrogen-bond donors (Lipinski definition) is 1. The Hall–Kier alpha value is -0.410. The van der Waals surface area contributed by atoms with Gasteiger partial charge in [-0.15, -0.1) is 11.6 Å². The predicted molar refractivity (Wildman–Crippen MR) is 61.0 cm³/mol. The van der Waals surface area contributed by atoms with Crippen LogP contribution in [0.5, 0.6) is 0 Å². The quantitative estimate of drug-likeness (QED) is 0.514. The summed E-state index contributed by atoms with van der Waals surface area (Å²) in [5, 5.41) is -1.03. The molecule has 0 aromatic carbocycles. The molecular formula is C8H15ClN2O5S. The first-order valence-corrected chi connectivity index (χ1v) is 6.89. The smallest absolute Gasteiger partial charge is 0.325 e. The highest BCUT2D eigenvalue weighted by Gasteiger charge is 2.26. The molecule has 100 valence electrons. The lowest BCUT2D eigenvalue weighted by atomic mass is 10.4. The molecule has 0 amide bonds. The standard InChI is InChI=1S/C8H15ClN2O5S/c1-15-8(12)7(9)6-10-17(13,14)11-2-4-16-5-3-11/h7,10H,2-6H2,1H3. The van der Waals surface area contributed by atoms with Crippen LogP contribution in [0.2, 0.25) is 0 Å². The first-order chi connectivity index (χ1) is 7.97. The summed E-state index contributed by atoms with van der Waals surface area (Å²) in [5.74, 6) is -0.670. The van der Waals surface area contributed by atoms with Gasteiger partial charge in [0.1, 0.15) is 5.38 Å². The van der Waals surface area contributed by atoms with E-state index in [1.54, 1.807) is 0 Å². The van der Waals surface area contributed by atoms with E-state index in [9.17, 15) is 13.2 Å². The lowest BCUT2D eigenvalue weighted by molar-refractivity contribution is -0.140. The lowest BCUT2D eigenvalue weighted by Gasteiger charge is -2.26. The zero-order chi connectivity index (χ0) is 12.9. The maximum Gasteiger partial charge on any atom is 0.325 e. The van der Waals surface area contributed by atoms with Crippen molar-refractivity contribution in [1.82, 2.24) is 9.03 Å². The predicted octanol–water partition coefficient (Wildman–Crippen LogP) is -1.07. The van der Waals surface area contributed by atoms with E-state index in [0.717, 1.165) is 0 Å². The number of halogens is 1. The van der Waals surface area contributed by atoms with Gasteiger partial charge < -0.3 is 9.47 Å². The number of morpholine rings is 1. The van der Waals surface area contributed by atoms with Crippen molar-refractivity contribution in [3.8, 4) is 0 Å². The normalized spacial score (nSPS) is 19.9. The molecule has 0 bridgehead atoms. The van der Waals surface area contributed by atoms with Gasteiger partial charge in [-0.1, -0.05) is 0 Å². The van der Waals surface area contributed by atoms with Crippen LogP contribution in [0.15, 0.2) is 0 Å². The molecule has 0 spiro atoms. The summed E-state index contributed by atoms with van der Waals surface area (Å²) in [6.07, 6.45) is 0. The van der Waals surface area contributed by atoms with Gasteiger partial charge >= 0.3 is 5.97 Å². The van der Waals surface area contributed by atoms with Gasteiger partial charge in [-0.3, -0.25) is 4.79 Å². The van der Waals surface area contributed by atoms with Crippen LogP contribution in [-0.4, -0.2) is 64.0 Å². The number of ether oxygens (including phenoxy) is 2. The van der Waals surface area contributed by atoms with Crippen molar-refractivity contribution in [2.45, 2.75) is 5.38 Å². The first-order valence-electron chi connectivity index (χ1n) is 5.02. The van der Waals surface area contributed by atoms with Gasteiger partial charge in [0.25, 0.3) is 10.2 Å². The summed E-state index contributed by atoms with van der Waals surface area (Å²) in [6, 6.07) is 0. The number of carbonyl (C=O) groups is 1. The summed E-state index contributed by atoms with van der Waals surface area (Å²) in [5.41, 5.74) is 0.